The summed E-state index contributed by atoms with van der Waals surface area (Å²) < 4.78 is 14.2. The molecule has 1 saturated heterocycles. The molecule has 138 valence electrons. The van der Waals surface area contributed by atoms with Gasteiger partial charge in [-0.15, -0.1) is 11.3 Å². The van der Waals surface area contributed by atoms with Crippen LogP contribution < -0.4 is 16.0 Å². The molecule has 0 spiro atoms. The Hall–Kier alpha value is -2.25. The maximum Gasteiger partial charge on any atom is 0.254 e. The van der Waals surface area contributed by atoms with Crippen LogP contribution in [0.25, 0.3) is 0 Å². The third kappa shape index (κ3) is 3.78. The van der Waals surface area contributed by atoms with Crippen LogP contribution in [0.15, 0.2) is 18.2 Å². The van der Waals surface area contributed by atoms with Gasteiger partial charge < -0.3 is 16.0 Å². The van der Waals surface area contributed by atoms with Gasteiger partial charge in [0.15, 0.2) is 5.78 Å². The van der Waals surface area contributed by atoms with Gasteiger partial charge in [0.1, 0.15) is 10.8 Å². The van der Waals surface area contributed by atoms with Gasteiger partial charge in [0.2, 0.25) is 0 Å². The van der Waals surface area contributed by atoms with Crippen LogP contribution >= 0.6 is 11.3 Å². The van der Waals surface area contributed by atoms with Crippen LogP contribution in [-0.4, -0.2) is 30.8 Å². The van der Waals surface area contributed by atoms with Gasteiger partial charge in [-0.2, -0.15) is 0 Å². The molecule has 2 heterocycles. The maximum atomic E-state index is 14.2. The van der Waals surface area contributed by atoms with Gasteiger partial charge in [0, 0.05) is 12.6 Å². The molecule has 1 amide bonds. The Kier molecular flexibility index (Phi) is 5.38. The van der Waals surface area contributed by atoms with E-state index >= 15 is 0 Å². The highest BCUT2D eigenvalue weighted by molar-refractivity contribution is 7.18. The SMILES string of the molecule is CC(=O)c1sc(Nc2ccc(C)cc2F)c(C(=O)NC2CCNC2)c1C. The Morgan fingerprint density at radius 1 is 1.31 bits per heavy atom. The van der Waals surface area contributed by atoms with E-state index < -0.39 is 5.82 Å². The van der Waals surface area contributed by atoms with Gasteiger partial charge in [-0.1, -0.05) is 6.07 Å². The summed E-state index contributed by atoms with van der Waals surface area (Å²) in [6, 6.07) is 4.92. The summed E-state index contributed by atoms with van der Waals surface area (Å²) in [6.45, 7) is 6.63. The second-order valence-electron chi connectivity index (χ2n) is 6.59. The zero-order valence-electron chi connectivity index (χ0n) is 15.0. The highest BCUT2D eigenvalue weighted by Gasteiger charge is 2.26. The first-order valence-corrected chi connectivity index (χ1v) is 9.37. The zero-order chi connectivity index (χ0) is 18.8. The van der Waals surface area contributed by atoms with Crippen LogP contribution in [0.2, 0.25) is 0 Å². The molecule has 2 aromatic rings. The fourth-order valence-electron chi connectivity index (χ4n) is 3.09. The molecule has 26 heavy (non-hydrogen) atoms. The summed E-state index contributed by atoms with van der Waals surface area (Å²) >= 11 is 1.18. The second kappa shape index (κ2) is 7.55. The highest BCUT2D eigenvalue weighted by Crippen LogP contribution is 2.36. The number of carbonyl (C=O) groups excluding carboxylic acids is 2. The molecule has 1 aromatic carbocycles. The molecule has 3 N–H and O–H groups in total. The van der Waals surface area contributed by atoms with Gasteiger partial charge in [-0.25, -0.2) is 4.39 Å². The number of anilines is 2. The Balaban J connectivity index is 1.96. The van der Waals surface area contributed by atoms with E-state index in [2.05, 4.69) is 16.0 Å². The molecular formula is C19H22FN3O2S. The Bertz CT molecular complexity index is 857. The molecule has 0 saturated carbocycles. The van der Waals surface area contributed by atoms with Crippen LogP contribution in [0.4, 0.5) is 15.1 Å². The summed E-state index contributed by atoms with van der Waals surface area (Å²) in [5.74, 6) is -0.747. The van der Waals surface area contributed by atoms with E-state index in [1.165, 1.54) is 24.3 Å². The number of carbonyl (C=O) groups is 2. The molecular weight excluding hydrogens is 353 g/mol. The predicted molar refractivity (Wildman–Crippen MR) is 102 cm³/mol. The van der Waals surface area contributed by atoms with E-state index in [-0.39, 0.29) is 23.4 Å². The summed E-state index contributed by atoms with van der Waals surface area (Å²) in [6.07, 6.45) is 0.865. The molecule has 1 aromatic heterocycles. The molecule has 1 aliphatic heterocycles. The normalized spacial score (nSPS) is 16.5. The molecule has 3 rings (SSSR count). The lowest BCUT2D eigenvalue weighted by molar-refractivity contribution is 0.0940. The zero-order valence-corrected chi connectivity index (χ0v) is 15.8. The standard InChI is InChI=1S/C19H22FN3O2S/c1-10-4-5-15(14(20)8-10)23-19-16(11(2)17(26-19)12(3)24)18(25)22-13-6-7-21-9-13/h4-5,8,13,21,23H,6-7,9H2,1-3H3,(H,22,25). The minimum atomic E-state index is -0.397. The summed E-state index contributed by atoms with van der Waals surface area (Å²) in [4.78, 5) is 25.3. The van der Waals surface area contributed by atoms with E-state index in [1.54, 1.807) is 19.1 Å². The van der Waals surface area contributed by atoms with E-state index in [0.29, 0.717) is 21.0 Å². The third-order valence-electron chi connectivity index (χ3n) is 4.46. The molecule has 0 radical (unpaired) electrons. The highest BCUT2D eigenvalue weighted by atomic mass is 32.1. The van der Waals surface area contributed by atoms with Crippen molar-refractivity contribution in [2.45, 2.75) is 33.2 Å². The third-order valence-corrected chi connectivity index (χ3v) is 5.77. The van der Waals surface area contributed by atoms with Gasteiger partial charge in [0.25, 0.3) is 5.91 Å². The van der Waals surface area contributed by atoms with Crippen LogP contribution in [-0.2, 0) is 0 Å². The molecule has 0 aliphatic carbocycles. The lowest BCUT2D eigenvalue weighted by atomic mass is 10.1. The van der Waals surface area contributed by atoms with Crippen molar-refractivity contribution in [2.24, 2.45) is 0 Å². The largest absolute Gasteiger partial charge is 0.348 e. The number of hydrogen-bond donors (Lipinski definition) is 3. The number of rotatable bonds is 5. The lowest BCUT2D eigenvalue weighted by Gasteiger charge is -2.13. The van der Waals surface area contributed by atoms with E-state index in [9.17, 15) is 14.0 Å². The molecule has 1 aliphatic rings. The number of Topliss-reactive ketones (excluding diaryl/α,β-unsaturated/α-hetero) is 1. The summed E-state index contributed by atoms with van der Waals surface area (Å²) in [5.41, 5.74) is 2.13. The van der Waals surface area contributed by atoms with Gasteiger partial charge in [-0.05, 0) is 57.0 Å². The minimum absolute atomic E-state index is 0.0616. The van der Waals surface area contributed by atoms with Crippen LogP contribution in [0.3, 0.4) is 0 Å². The van der Waals surface area contributed by atoms with Crippen molar-refractivity contribution in [3.63, 3.8) is 0 Å². The Labute approximate surface area is 156 Å². The second-order valence-corrected chi connectivity index (χ2v) is 7.61. The van der Waals surface area contributed by atoms with E-state index in [4.69, 9.17) is 0 Å². The van der Waals surface area contributed by atoms with Crippen molar-refractivity contribution in [1.29, 1.82) is 0 Å². The number of ketones is 1. The molecule has 1 fully saturated rings. The quantitative estimate of drug-likeness (QED) is 0.699. The topological polar surface area (TPSA) is 70.2 Å². The van der Waals surface area contributed by atoms with Gasteiger partial charge >= 0.3 is 0 Å². The number of halogens is 1. The first kappa shape index (κ1) is 18.5. The van der Waals surface area contributed by atoms with Crippen molar-refractivity contribution in [3.8, 4) is 0 Å². The first-order valence-electron chi connectivity index (χ1n) is 8.56. The van der Waals surface area contributed by atoms with E-state index in [0.717, 1.165) is 25.1 Å². The number of aryl methyl sites for hydroxylation is 1. The van der Waals surface area contributed by atoms with Crippen LogP contribution in [0.5, 0.6) is 0 Å². The van der Waals surface area contributed by atoms with Crippen LogP contribution in [0.1, 0.15) is 44.5 Å². The average Bonchev–Trinajstić information content (AvgIpc) is 3.18. The fourth-order valence-corrected chi connectivity index (χ4v) is 4.20. The van der Waals surface area contributed by atoms with Crippen molar-refractivity contribution in [2.75, 3.05) is 18.4 Å². The van der Waals surface area contributed by atoms with E-state index in [1.807, 2.05) is 6.92 Å². The summed E-state index contributed by atoms with van der Waals surface area (Å²) in [5, 5.41) is 9.69. The maximum absolute atomic E-state index is 14.2. The number of hydrogen-bond acceptors (Lipinski definition) is 5. The molecule has 7 heteroatoms. The minimum Gasteiger partial charge on any atom is -0.348 e. The lowest BCUT2D eigenvalue weighted by Crippen LogP contribution is -2.36. The van der Waals surface area contributed by atoms with Crippen molar-refractivity contribution < 1.29 is 14.0 Å². The van der Waals surface area contributed by atoms with Crippen molar-refractivity contribution in [1.82, 2.24) is 10.6 Å². The van der Waals surface area contributed by atoms with Crippen molar-refractivity contribution in [3.05, 3.63) is 45.6 Å². The predicted octanol–water partition coefficient (Wildman–Crippen LogP) is 3.54. The van der Waals surface area contributed by atoms with Crippen LogP contribution in [0, 0.1) is 19.7 Å². The molecule has 5 nitrogen and oxygen atoms in total. The monoisotopic (exact) mass is 375 g/mol. The summed E-state index contributed by atoms with van der Waals surface area (Å²) in [7, 11) is 0. The fraction of sp³-hybridized carbons (Fsp3) is 0.368. The van der Waals surface area contributed by atoms with Gasteiger partial charge in [0.05, 0.1) is 16.1 Å². The smallest absolute Gasteiger partial charge is 0.254 e. The number of thiophene rings is 1. The molecule has 1 atom stereocenters. The molecule has 0 bridgehead atoms. The first-order chi connectivity index (χ1) is 12.4. The Morgan fingerprint density at radius 3 is 2.69 bits per heavy atom. The molecule has 1 unspecified atom stereocenters. The van der Waals surface area contributed by atoms with Crippen molar-refractivity contribution >= 4 is 33.7 Å². The number of nitrogens with one attached hydrogen (secondary N) is 3. The Morgan fingerprint density at radius 2 is 2.08 bits per heavy atom. The van der Waals surface area contributed by atoms with Gasteiger partial charge in [-0.3, -0.25) is 9.59 Å². The average molecular weight is 375 g/mol. The number of amides is 1. The number of benzene rings is 1.